The highest BCUT2D eigenvalue weighted by atomic mass is 32.2. The molecule has 3 aliphatic carbocycles. The number of para-hydroxylation sites is 1. The van der Waals surface area contributed by atoms with Crippen LogP contribution in [0.2, 0.25) is 0 Å². The van der Waals surface area contributed by atoms with Gasteiger partial charge in [-0.05, 0) is 69.9 Å². The number of rotatable bonds is 9. The van der Waals surface area contributed by atoms with E-state index in [2.05, 4.69) is 25.6 Å². The van der Waals surface area contributed by atoms with Gasteiger partial charge in [0.15, 0.2) is 0 Å². The Bertz CT molecular complexity index is 1820. The zero-order valence-corrected chi connectivity index (χ0v) is 29.7. The largest absolute Gasteiger partial charge is 0.446 e. The van der Waals surface area contributed by atoms with E-state index in [9.17, 15) is 27.6 Å². The van der Waals surface area contributed by atoms with E-state index in [4.69, 9.17) is 9.57 Å². The molecule has 3 heterocycles. The molecule has 7 rings (SSSR count). The molecule has 1 aromatic carbocycles. The van der Waals surface area contributed by atoms with Gasteiger partial charge >= 0.3 is 6.09 Å². The molecular formula is C36H45N7O8S. The van der Waals surface area contributed by atoms with Gasteiger partial charge in [-0.3, -0.25) is 19.1 Å². The van der Waals surface area contributed by atoms with Crippen LogP contribution in [0.4, 0.5) is 4.79 Å². The fraction of sp³-hybridized carbons (Fsp3) is 0.556. The summed E-state index contributed by atoms with van der Waals surface area (Å²) in [6.07, 6.45) is 14.3. The number of hydrogen-bond donors (Lipinski definition) is 3. The van der Waals surface area contributed by atoms with Crippen LogP contribution in [-0.4, -0.2) is 94.8 Å². The lowest BCUT2D eigenvalue weighted by atomic mass is 9.96. The summed E-state index contributed by atoms with van der Waals surface area (Å²) < 4.78 is 35.0. The van der Waals surface area contributed by atoms with Crippen LogP contribution < -0.4 is 15.4 Å². The molecule has 3 saturated carbocycles. The fourth-order valence-electron chi connectivity index (χ4n) is 7.04. The molecule has 16 heteroatoms. The van der Waals surface area contributed by atoms with Gasteiger partial charge in [0.1, 0.15) is 29.8 Å². The van der Waals surface area contributed by atoms with E-state index >= 15 is 0 Å². The molecule has 0 bridgehead atoms. The summed E-state index contributed by atoms with van der Waals surface area (Å²) in [6.45, 7) is -0.0104. The van der Waals surface area contributed by atoms with Crippen LogP contribution >= 0.6 is 0 Å². The molecule has 1 saturated heterocycles. The van der Waals surface area contributed by atoms with E-state index in [-0.39, 0.29) is 25.5 Å². The van der Waals surface area contributed by atoms with Crippen LogP contribution in [0.25, 0.3) is 5.69 Å². The van der Waals surface area contributed by atoms with Crippen molar-refractivity contribution in [1.82, 2.24) is 30.0 Å². The van der Waals surface area contributed by atoms with Crippen molar-refractivity contribution in [3.63, 3.8) is 0 Å². The molecule has 1 aromatic heterocycles. The maximum atomic E-state index is 14.3. The Morgan fingerprint density at radius 2 is 1.85 bits per heavy atom. The van der Waals surface area contributed by atoms with E-state index in [1.165, 1.54) is 11.1 Å². The van der Waals surface area contributed by atoms with Gasteiger partial charge in [0.05, 0.1) is 23.7 Å². The Hall–Kier alpha value is -4.73. The average molecular weight is 736 g/mol. The molecule has 278 valence electrons. The van der Waals surface area contributed by atoms with Gasteiger partial charge in [-0.25, -0.2) is 17.9 Å². The molecular weight excluding hydrogens is 691 g/mol. The van der Waals surface area contributed by atoms with Crippen molar-refractivity contribution in [3.8, 4) is 5.69 Å². The lowest BCUT2D eigenvalue weighted by Crippen LogP contribution is -2.58. The normalized spacial score (nSPS) is 29.0. The summed E-state index contributed by atoms with van der Waals surface area (Å²) in [7, 11) is -3.87. The zero-order valence-electron chi connectivity index (χ0n) is 28.9. The number of allylic oxidation sites excluding steroid dienone is 1. The van der Waals surface area contributed by atoms with Gasteiger partial charge in [0, 0.05) is 30.3 Å². The molecule has 15 nitrogen and oxygen atoms in total. The van der Waals surface area contributed by atoms with E-state index in [0.717, 1.165) is 43.4 Å². The number of carbonyl (C=O) groups excluding carboxylic acids is 4. The van der Waals surface area contributed by atoms with E-state index < -0.39 is 68.7 Å². The Morgan fingerprint density at radius 1 is 1.02 bits per heavy atom. The van der Waals surface area contributed by atoms with Gasteiger partial charge in [0.25, 0.3) is 5.91 Å². The molecule has 4 amide bonds. The number of ether oxygens (including phenoxy) is 1. The first-order valence-corrected chi connectivity index (χ1v) is 19.8. The summed E-state index contributed by atoms with van der Waals surface area (Å²) in [6, 6.07) is 7.23. The third kappa shape index (κ3) is 8.01. The van der Waals surface area contributed by atoms with Crippen molar-refractivity contribution < 1.29 is 37.2 Å². The molecule has 2 aliphatic heterocycles. The fourth-order valence-corrected chi connectivity index (χ4v) is 8.41. The Morgan fingerprint density at radius 3 is 2.60 bits per heavy atom. The quantitative estimate of drug-likeness (QED) is 0.198. The second-order valence-corrected chi connectivity index (χ2v) is 16.3. The van der Waals surface area contributed by atoms with Crippen molar-refractivity contribution in [2.45, 2.75) is 112 Å². The number of benzene rings is 1. The standard InChI is InChI=1S/C36H45N7O8S/c44-32-31-20-27(51-38-22-24-10-6-7-15-30(24)43-19-9-18-37-43)23-42(31)33(45)29(39-35(47)50-26-12-8-13-26)14-5-3-1-2-4-11-25-21-36(25,40-32)34(46)41-52(48,49)28-16-17-28/h4,6-7,9-11,15,18-19,22,25-29,31H,1-3,5,8,12-14,16-17,20-21,23H2,(H,39,47)(H,40,44)(H,41,46)/b11-4-,38-22+/t25-,27+,29+,31-,36-/m0/s1. The molecule has 5 atom stereocenters. The number of sulfonamides is 1. The SMILES string of the molecule is O=C(N[C@@H]1CCCCC/C=C\[C@H]2C[C@]2(C(=O)NS(=O)(=O)C2CC2)NC(=O)[C@@H]2C[C@@H](O/N=C/c3ccccc3-n3cccn3)CN2C1=O)OC1CCC1. The van der Waals surface area contributed by atoms with Crippen molar-refractivity contribution in [1.29, 1.82) is 0 Å². The third-order valence-electron chi connectivity index (χ3n) is 10.6. The minimum absolute atomic E-state index is 0.0104. The maximum Gasteiger partial charge on any atom is 0.408 e. The van der Waals surface area contributed by atoms with Gasteiger partial charge < -0.3 is 25.1 Å². The zero-order chi connectivity index (χ0) is 36.3. The maximum absolute atomic E-state index is 14.3. The first-order chi connectivity index (χ1) is 25.1. The van der Waals surface area contributed by atoms with Gasteiger partial charge in [-0.15, -0.1) is 0 Å². The van der Waals surface area contributed by atoms with Crippen LogP contribution in [0.3, 0.4) is 0 Å². The summed E-state index contributed by atoms with van der Waals surface area (Å²) >= 11 is 0. The predicted molar refractivity (Wildman–Crippen MR) is 188 cm³/mol. The number of nitrogens with one attached hydrogen (secondary N) is 3. The first-order valence-electron chi connectivity index (χ1n) is 18.2. The third-order valence-corrected chi connectivity index (χ3v) is 12.4. The van der Waals surface area contributed by atoms with Crippen molar-refractivity contribution in [3.05, 3.63) is 60.4 Å². The predicted octanol–water partition coefficient (Wildman–Crippen LogP) is 2.84. The minimum Gasteiger partial charge on any atom is -0.446 e. The van der Waals surface area contributed by atoms with Crippen molar-refractivity contribution in [2.24, 2.45) is 11.1 Å². The molecule has 0 unspecified atom stereocenters. The van der Waals surface area contributed by atoms with Crippen LogP contribution in [0, 0.1) is 5.92 Å². The number of oxime groups is 1. The van der Waals surface area contributed by atoms with Crippen molar-refractivity contribution in [2.75, 3.05) is 6.54 Å². The summed E-state index contributed by atoms with van der Waals surface area (Å²) in [5.74, 6) is -2.29. The highest BCUT2D eigenvalue weighted by Crippen LogP contribution is 2.46. The molecule has 0 spiro atoms. The molecule has 0 radical (unpaired) electrons. The smallest absolute Gasteiger partial charge is 0.408 e. The summed E-state index contributed by atoms with van der Waals surface area (Å²) in [5.41, 5.74) is 0.0164. The van der Waals surface area contributed by atoms with Crippen LogP contribution in [0.5, 0.6) is 0 Å². The minimum atomic E-state index is -3.87. The Labute approximate surface area is 302 Å². The molecule has 3 N–H and O–H groups in total. The van der Waals surface area contributed by atoms with Crippen LogP contribution in [-0.2, 0) is 34.0 Å². The van der Waals surface area contributed by atoms with Crippen LogP contribution in [0.1, 0.15) is 82.6 Å². The van der Waals surface area contributed by atoms with E-state index in [1.807, 2.05) is 36.4 Å². The van der Waals surface area contributed by atoms with Crippen molar-refractivity contribution >= 4 is 40.1 Å². The number of fused-ring (bicyclic) bond motifs is 2. The van der Waals surface area contributed by atoms with Gasteiger partial charge in [-0.1, -0.05) is 48.3 Å². The van der Waals surface area contributed by atoms with E-state index in [0.29, 0.717) is 32.1 Å². The topological polar surface area (TPSA) is 190 Å². The lowest BCUT2D eigenvalue weighted by molar-refractivity contribution is -0.141. The number of carbonyl (C=O) groups is 4. The molecule has 2 aromatic rings. The first kappa shape index (κ1) is 35.7. The van der Waals surface area contributed by atoms with Gasteiger partial charge in [0.2, 0.25) is 21.8 Å². The monoisotopic (exact) mass is 735 g/mol. The Balaban J connectivity index is 1.13. The number of nitrogens with zero attached hydrogens (tertiary/aromatic N) is 4. The Kier molecular flexibility index (Phi) is 10.3. The molecule has 4 fully saturated rings. The summed E-state index contributed by atoms with van der Waals surface area (Å²) in [4.78, 5) is 62.3. The second-order valence-electron chi connectivity index (χ2n) is 14.4. The number of amides is 4. The molecule has 52 heavy (non-hydrogen) atoms. The summed E-state index contributed by atoms with van der Waals surface area (Å²) in [5, 5.41) is 13.5. The highest BCUT2D eigenvalue weighted by Gasteiger charge is 2.62. The lowest BCUT2D eigenvalue weighted by Gasteiger charge is -2.30. The van der Waals surface area contributed by atoms with Gasteiger partial charge in [-0.2, -0.15) is 5.10 Å². The highest BCUT2D eigenvalue weighted by molar-refractivity contribution is 7.91. The second kappa shape index (κ2) is 15.1. The number of alkyl carbamates (subject to hydrolysis) is 1. The number of aromatic nitrogens is 2. The molecule has 5 aliphatic rings. The number of hydrogen-bond acceptors (Lipinski definition) is 10. The average Bonchev–Trinajstić information content (AvgIpc) is 3.97. The van der Waals surface area contributed by atoms with Crippen LogP contribution in [0.15, 0.2) is 60.0 Å². The van der Waals surface area contributed by atoms with E-state index in [1.54, 1.807) is 23.1 Å².